The van der Waals surface area contributed by atoms with Gasteiger partial charge in [-0.2, -0.15) is 0 Å². The maximum absolute atomic E-state index is 5.81. The fourth-order valence-electron chi connectivity index (χ4n) is 0.857. The van der Waals surface area contributed by atoms with Crippen LogP contribution in [0, 0.1) is 0 Å². The average molecular weight is 191 g/mol. The van der Waals surface area contributed by atoms with Crippen molar-refractivity contribution in [2.24, 2.45) is 0 Å². The van der Waals surface area contributed by atoms with Gasteiger partial charge in [0.2, 0.25) is 0 Å². The van der Waals surface area contributed by atoms with E-state index in [1.165, 1.54) is 0 Å². The van der Waals surface area contributed by atoms with Crippen LogP contribution in [-0.2, 0) is 0 Å². The molecule has 0 unspecified atom stereocenters. The second kappa shape index (κ2) is 3.20. The maximum atomic E-state index is 5.81. The minimum Gasteiger partial charge on any atom is -0.397 e. The number of nitrogens with one attached hydrogen (secondary N) is 1. The highest BCUT2D eigenvalue weighted by atomic mass is 35.5. The molecule has 0 aliphatic heterocycles. The molecule has 0 fully saturated rings. The summed E-state index contributed by atoms with van der Waals surface area (Å²) in [4.78, 5) is 0. The number of nitrogens with two attached hydrogens (primary N) is 1. The highest BCUT2D eigenvalue weighted by Crippen LogP contribution is 2.31. The van der Waals surface area contributed by atoms with E-state index in [2.05, 4.69) is 5.32 Å². The molecule has 0 bridgehead atoms. The largest absolute Gasteiger partial charge is 0.397 e. The highest BCUT2D eigenvalue weighted by Gasteiger charge is 2.03. The Morgan fingerprint density at radius 2 is 2.00 bits per heavy atom. The van der Waals surface area contributed by atoms with Gasteiger partial charge in [0, 0.05) is 12.1 Å². The lowest BCUT2D eigenvalue weighted by Gasteiger charge is -2.06. The molecule has 3 N–H and O–H groups in total. The van der Waals surface area contributed by atoms with Crippen molar-refractivity contribution in [1.82, 2.24) is 0 Å². The second-order valence-electron chi connectivity index (χ2n) is 2.10. The van der Waals surface area contributed by atoms with Gasteiger partial charge >= 0.3 is 0 Å². The van der Waals surface area contributed by atoms with E-state index in [0.29, 0.717) is 15.7 Å². The lowest BCUT2D eigenvalue weighted by molar-refractivity contribution is 1.51. The molecule has 60 valence electrons. The van der Waals surface area contributed by atoms with Gasteiger partial charge in [-0.25, -0.2) is 0 Å². The monoisotopic (exact) mass is 190 g/mol. The van der Waals surface area contributed by atoms with E-state index in [0.717, 1.165) is 5.69 Å². The van der Waals surface area contributed by atoms with Gasteiger partial charge in [0.25, 0.3) is 0 Å². The molecule has 0 atom stereocenters. The molecule has 0 radical (unpaired) electrons. The molecule has 0 amide bonds. The summed E-state index contributed by atoms with van der Waals surface area (Å²) in [5, 5.41) is 3.96. The first kappa shape index (κ1) is 8.50. The van der Waals surface area contributed by atoms with Crippen LogP contribution in [-0.4, -0.2) is 7.05 Å². The molecule has 1 aromatic rings. The molecule has 4 heteroatoms. The Kier molecular flexibility index (Phi) is 2.47. The van der Waals surface area contributed by atoms with Crippen LogP contribution in [0.4, 0.5) is 11.4 Å². The predicted molar refractivity (Wildman–Crippen MR) is 50.4 cm³/mol. The topological polar surface area (TPSA) is 38.0 Å². The summed E-state index contributed by atoms with van der Waals surface area (Å²) >= 11 is 11.5. The molecule has 1 aromatic carbocycles. The number of hydrogen-bond donors (Lipinski definition) is 2. The van der Waals surface area contributed by atoms with Crippen LogP contribution in [0.25, 0.3) is 0 Å². The van der Waals surface area contributed by atoms with Crippen molar-refractivity contribution in [2.75, 3.05) is 18.1 Å². The third kappa shape index (κ3) is 1.70. The van der Waals surface area contributed by atoms with Crippen LogP contribution < -0.4 is 11.1 Å². The second-order valence-corrected chi connectivity index (χ2v) is 2.95. The number of hydrogen-bond acceptors (Lipinski definition) is 2. The summed E-state index contributed by atoms with van der Waals surface area (Å²) in [5.74, 6) is 0. The van der Waals surface area contributed by atoms with Crippen molar-refractivity contribution in [3.05, 3.63) is 22.2 Å². The van der Waals surface area contributed by atoms with Crippen LogP contribution in [0.15, 0.2) is 12.1 Å². The fraction of sp³-hybridized carbons (Fsp3) is 0.143. The zero-order valence-corrected chi connectivity index (χ0v) is 7.50. The first-order valence-corrected chi connectivity index (χ1v) is 3.83. The SMILES string of the molecule is CNc1c(N)cc(Cl)cc1Cl. The Labute approximate surface area is 75.3 Å². The molecule has 0 heterocycles. The molecular formula is C7H8Cl2N2. The van der Waals surface area contributed by atoms with Gasteiger partial charge in [0.1, 0.15) is 0 Å². The van der Waals surface area contributed by atoms with E-state index in [9.17, 15) is 0 Å². The predicted octanol–water partition coefficient (Wildman–Crippen LogP) is 2.62. The van der Waals surface area contributed by atoms with Crippen molar-refractivity contribution >= 4 is 34.6 Å². The Hall–Kier alpha value is -0.600. The maximum Gasteiger partial charge on any atom is 0.0761 e. The van der Waals surface area contributed by atoms with Gasteiger partial charge in [-0.1, -0.05) is 23.2 Å². The van der Waals surface area contributed by atoms with Crippen molar-refractivity contribution in [3.63, 3.8) is 0 Å². The molecule has 0 aliphatic carbocycles. The summed E-state index contributed by atoms with van der Waals surface area (Å²) in [5.41, 5.74) is 6.88. The van der Waals surface area contributed by atoms with Crippen LogP contribution in [0.3, 0.4) is 0 Å². The van der Waals surface area contributed by atoms with Crippen molar-refractivity contribution in [1.29, 1.82) is 0 Å². The zero-order valence-electron chi connectivity index (χ0n) is 5.99. The van der Waals surface area contributed by atoms with E-state index in [1.807, 2.05) is 0 Å². The molecule has 1 rings (SSSR count). The number of benzene rings is 1. The van der Waals surface area contributed by atoms with Crippen LogP contribution in [0.1, 0.15) is 0 Å². The van der Waals surface area contributed by atoms with Crippen LogP contribution >= 0.6 is 23.2 Å². The van der Waals surface area contributed by atoms with Crippen molar-refractivity contribution in [3.8, 4) is 0 Å². The Morgan fingerprint density at radius 1 is 1.36 bits per heavy atom. The molecule has 11 heavy (non-hydrogen) atoms. The van der Waals surface area contributed by atoms with Gasteiger partial charge in [0.15, 0.2) is 0 Å². The van der Waals surface area contributed by atoms with Gasteiger partial charge in [-0.05, 0) is 12.1 Å². The summed E-state index contributed by atoms with van der Waals surface area (Å²) in [6.45, 7) is 0. The van der Waals surface area contributed by atoms with E-state index >= 15 is 0 Å². The summed E-state index contributed by atoms with van der Waals surface area (Å²) in [7, 11) is 1.76. The number of rotatable bonds is 1. The van der Waals surface area contributed by atoms with Crippen LogP contribution in [0.5, 0.6) is 0 Å². The molecule has 0 spiro atoms. The summed E-state index contributed by atoms with van der Waals surface area (Å²) in [6, 6.07) is 3.30. The first-order chi connectivity index (χ1) is 5.15. The van der Waals surface area contributed by atoms with E-state index in [-0.39, 0.29) is 0 Å². The van der Waals surface area contributed by atoms with Crippen molar-refractivity contribution < 1.29 is 0 Å². The zero-order chi connectivity index (χ0) is 8.43. The average Bonchev–Trinajstić information content (AvgIpc) is 1.85. The molecular weight excluding hydrogens is 183 g/mol. The molecule has 0 aromatic heterocycles. The third-order valence-electron chi connectivity index (χ3n) is 1.34. The fourth-order valence-corrected chi connectivity index (χ4v) is 1.46. The Bertz CT molecular complexity index is 250. The third-order valence-corrected chi connectivity index (χ3v) is 1.85. The Morgan fingerprint density at radius 3 is 2.45 bits per heavy atom. The first-order valence-electron chi connectivity index (χ1n) is 3.07. The smallest absolute Gasteiger partial charge is 0.0761 e. The van der Waals surface area contributed by atoms with Gasteiger partial charge in [-0.3, -0.25) is 0 Å². The van der Waals surface area contributed by atoms with Gasteiger partial charge in [0.05, 0.1) is 16.4 Å². The summed E-state index contributed by atoms with van der Waals surface area (Å²) < 4.78 is 0. The lowest BCUT2D eigenvalue weighted by Crippen LogP contribution is -1.95. The van der Waals surface area contributed by atoms with Gasteiger partial charge < -0.3 is 11.1 Å². The van der Waals surface area contributed by atoms with E-state index in [4.69, 9.17) is 28.9 Å². The van der Waals surface area contributed by atoms with E-state index in [1.54, 1.807) is 19.2 Å². The molecule has 0 saturated carbocycles. The molecule has 0 saturated heterocycles. The highest BCUT2D eigenvalue weighted by molar-refractivity contribution is 6.37. The normalized spacial score (nSPS) is 9.73. The summed E-state index contributed by atoms with van der Waals surface area (Å²) in [6.07, 6.45) is 0. The standard InChI is InChI=1S/C7H8Cl2N2/c1-11-7-5(9)2-4(8)3-6(7)10/h2-3,11H,10H2,1H3. The lowest BCUT2D eigenvalue weighted by atomic mass is 10.3. The minimum absolute atomic E-state index is 0.539. The Balaban J connectivity index is 3.25. The molecule has 2 nitrogen and oxygen atoms in total. The molecule has 0 aliphatic rings. The number of anilines is 2. The minimum atomic E-state index is 0.539. The number of halogens is 2. The van der Waals surface area contributed by atoms with Crippen LogP contribution in [0.2, 0.25) is 10.0 Å². The quantitative estimate of drug-likeness (QED) is 0.669. The van der Waals surface area contributed by atoms with Gasteiger partial charge in [-0.15, -0.1) is 0 Å². The van der Waals surface area contributed by atoms with E-state index < -0.39 is 0 Å². The number of nitrogen functional groups attached to an aromatic ring is 1. The van der Waals surface area contributed by atoms with Crippen molar-refractivity contribution in [2.45, 2.75) is 0 Å².